The van der Waals surface area contributed by atoms with Crippen molar-refractivity contribution in [3.8, 4) is 11.3 Å². The van der Waals surface area contributed by atoms with Crippen LogP contribution in [0.25, 0.3) is 11.3 Å². The number of nitrogens with zero attached hydrogens (tertiary/aromatic N) is 3. The number of hydrogen-bond donors (Lipinski definition) is 5. The van der Waals surface area contributed by atoms with Crippen LogP contribution in [0.5, 0.6) is 0 Å². The van der Waals surface area contributed by atoms with Gasteiger partial charge in [0.1, 0.15) is 17.4 Å². The number of aromatic nitrogens is 3. The zero-order valence-electron chi connectivity index (χ0n) is 11.6. The summed E-state index contributed by atoms with van der Waals surface area (Å²) < 4.78 is 1.00. The Hall–Kier alpha value is -1.84. The fraction of sp³-hybridized carbons (Fsp3) is 0.429. The third kappa shape index (κ3) is 2.04. The minimum absolute atomic E-state index is 0.484. The summed E-state index contributed by atoms with van der Waals surface area (Å²) in [6.45, 7) is -0.577. The maximum absolute atomic E-state index is 10.4. The number of aliphatic hydroxyl groups excluding tert-OH is 4. The number of hydrogen-bond acceptors (Lipinski definition) is 7. The Labute approximate surface area is 125 Å². The molecule has 5 N–H and O–H groups in total. The highest BCUT2D eigenvalue weighted by Crippen LogP contribution is 2.45. The predicted octanol–water partition coefficient (Wildman–Crippen LogP) is -1.49. The molecule has 5 unspecified atom stereocenters. The van der Waals surface area contributed by atoms with Gasteiger partial charge in [0.25, 0.3) is 0 Å². The Balaban J connectivity index is 1.87. The maximum Gasteiger partial charge on any atom is 0.180 e. The summed E-state index contributed by atoms with van der Waals surface area (Å²) >= 11 is 0. The van der Waals surface area contributed by atoms with E-state index < -0.39 is 36.6 Å². The molecular weight excluding hydrogens is 290 g/mol. The first kappa shape index (κ1) is 15.1. The van der Waals surface area contributed by atoms with Crippen LogP contribution in [0.4, 0.5) is 0 Å². The predicted molar refractivity (Wildman–Crippen MR) is 74.3 cm³/mol. The van der Waals surface area contributed by atoms with Gasteiger partial charge in [-0.05, 0) is 0 Å². The lowest BCUT2D eigenvalue weighted by molar-refractivity contribution is -0.317. The topological polar surface area (TPSA) is 132 Å². The zero-order valence-corrected chi connectivity index (χ0v) is 11.6. The Morgan fingerprint density at radius 2 is 1.91 bits per heavy atom. The number of rotatable bonds is 4. The normalized spacial score (nSPS) is 32.5. The van der Waals surface area contributed by atoms with Crippen LogP contribution in [0.3, 0.4) is 0 Å². The van der Waals surface area contributed by atoms with E-state index in [0.29, 0.717) is 5.69 Å². The maximum atomic E-state index is 10.4. The lowest BCUT2D eigenvalue weighted by Gasteiger charge is -2.54. The molecule has 1 saturated carbocycles. The molecule has 1 aliphatic rings. The van der Waals surface area contributed by atoms with Gasteiger partial charge in [0.2, 0.25) is 0 Å². The highest BCUT2D eigenvalue weighted by molar-refractivity contribution is 5.57. The van der Waals surface area contributed by atoms with Gasteiger partial charge in [-0.25, -0.2) is 4.68 Å². The van der Waals surface area contributed by atoms with E-state index in [1.165, 1.54) is 6.20 Å². The van der Waals surface area contributed by atoms with E-state index in [-0.39, 0.29) is 0 Å². The molecule has 0 bridgehead atoms. The Kier molecular flexibility index (Phi) is 3.71. The average molecular weight is 307 g/mol. The second-order valence-electron chi connectivity index (χ2n) is 5.44. The summed E-state index contributed by atoms with van der Waals surface area (Å²) in [4.78, 5) is 0. The van der Waals surface area contributed by atoms with Crippen LogP contribution in [0.2, 0.25) is 0 Å². The molecule has 0 spiro atoms. The fourth-order valence-electron chi connectivity index (χ4n) is 2.82. The first-order valence-corrected chi connectivity index (χ1v) is 6.84. The van der Waals surface area contributed by atoms with E-state index in [0.717, 1.165) is 10.2 Å². The van der Waals surface area contributed by atoms with Gasteiger partial charge >= 0.3 is 0 Å². The van der Waals surface area contributed by atoms with Crippen LogP contribution in [0, 0.1) is 5.92 Å². The average Bonchev–Trinajstić information content (AvgIpc) is 3.04. The molecular formula is C14H17N3O5. The highest BCUT2D eigenvalue weighted by Gasteiger charge is 2.65. The second kappa shape index (κ2) is 5.41. The third-order valence-electron chi connectivity index (χ3n) is 4.24. The van der Waals surface area contributed by atoms with Crippen molar-refractivity contribution >= 4 is 0 Å². The van der Waals surface area contributed by atoms with Crippen LogP contribution in [-0.2, 0) is 0 Å². The first-order valence-electron chi connectivity index (χ1n) is 6.84. The quantitative estimate of drug-likeness (QED) is 0.465. The fourth-order valence-corrected chi connectivity index (χ4v) is 2.82. The van der Waals surface area contributed by atoms with Crippen LogP contribution in [0.15, 0.2) is 36.5 Å². The molecule has 5 atom stereocenters. The van der Waals surface area contributed by atoms with Crippen molar-refractivity contribution < 1.29 is 25.5 Å². The molecule has 22 heavy (non-hydrogen) atoms. The minimum Gasteiger partial charge on any atom is -0.396 e. The Morgan fingerprint density at radius 1 is 1.23 bits per heavy atom. The van der Waals surface area contributed by atoms with Crippen LogP contribution in [0.1, 0.15) is 6.23 Å². The van der Waals surface area contributed by atoms with Gasteiger partial charge in [-0.1, -0.05) is 35.5 Å². The molecule has 0 saturated heterocycles. The van der Waals surface area contributed by atoms with E-state index in [9.17, 15) is 25.5 Å². The number of aliphatic hydroxyl groups is 5. The number of benzene rings is 1. The van der Waals surface area contributed by atoms with E-state index in [1.54, 1.807) is 0 Å². The molecule has 0 radical (unpaired) electrons. The monoisotopic (exact) mass is 307 g/mol. The van der Waals surface area contributed by atoms with E-state index >= 15 is 0 Å². The highest BCUT2D eigenvalue weighted by atomic mass is 16.4. The molecule has 2 aromatic rings. The van der Waals surface area contributed by atoms with Crippen molar-refractivity contribution in [2.75, 3.05) is 6.61 Å². The first-order chi connectivity index (χ1) is 10.5. The largest absolute Gasteiger partial charge is 0.396 e. The third-order valence-corrected chi connectivity index (χ3v) is 4.24. The molecule has 8 nitrogen and oxygen atoms in total. The second-order valence-corrected chi connectivity index (χ2v) is 5.44. The van der Waals surface area contributed by atoms with E-state index in [4.69, 9.17) is 0 Å². The van der Waals surface area contributed by atoms with Crippen LogP contribution in [-0.4, -0.2) is 64.9 Å². The summed E-state index contributed by atoms with van der Waals surface area (Å²) in [5, 5.41) is 56.9. The van der Waals surface area contributed by atoms with Gasteiger partial charge in [-0.15, -0.1) is 5.10 Å². The standard InChI is InChI=1S/C14H17N3O5/c18-7-9-11(19)12(20)14(9,22)13(21)17-6-10(15-16-17)8-4-2-1-3-5-8/h1-6,9,11-13,18-22H,7H2. The van der Waals surface area contributed by atoms with E-state index in [1.807, 2.05) is 30.3 Å². The molecule has 1 heterocycles. The smallest absolute Gasteiger partial charge is 0.180 e. The van der Waals surface area contributed by atoms with Gasteiger partial charge in [0.15, 0.2) is 6.23 Å². The van der Waals surface area contributed by atoms with Crippen molar-refractivity contribution in [3.63, 3.8) is 0 Å². The minimum atomic E-state index is -2.09. The van der Waals surface area contributed by atoms with Crippen molar-refractivity contribution in [1.29, 1.82) is 0 Å². The molecule has 8 heteroatoms. The Bertz CT molecular complexity index is 649. The van der Waals surface area contributed by atoms with Gasteiger partial charge in [-0.2, -0.15) is 0 Å². The molecule has 1 aromatic carbocycles. The summed E-state index contributed by atoms with van der Waals surface area (Å²) in [5.74, 6) is -1.07. The molecule has 0 amide bonds. The van der Waals surface area contributed by atoms with Gasteiger partial charge in [0, 0.05) is 11.5 Å². The summed E-state index contributed by atoms with van der Waals surface area (Å²) in [6, 6.07) is 9.13. The van der Waals surface area contributed by atoms with Gasteiger partial charge in [-0.3, -0.25) is 0 Å². The molecule has 0 aliphatic heterocycles. The molecule has 1 aliphatic carbocycles. The summed E-state index contributed by atoms with van der Waals surface area (Å²) in [5.41, 5.74) is -0.825. The summed E-state index contributed by atoms with van der Waals surface area (Å²) in [6.07, 6.45) is -3.11. The van der Waals surface area contributed by atoms with Crippen LogP contribution < -0.4 is 0 Å². The lowest BCUT2D eigenvalue weighted by Crippen LogP contribution is -2.74. The van der Waals surface area contributed by atoms with Gasteiger partial charge < -0.3 is 25.5 Å². The molecule has 1 fully saturated rings. The van der Waals surface area contributed by atoms with Crippen molar-refractivity contribution in [3.05, 3.63) is 36.5 Å². The molecule has 1 aromatic heterocycles. The molecule has 3 rings (SSSR count). The molecule has 118 valence electrons. The van der Waals surface area contributed by atoms with Crippen molar-refractivity contribution in [1.82, 2.24) is 15.0 Å². The van der Waals surface area contributed by atoms with Crippen molar-refractivity contribution in [2.24, 2.45) is 5.92 Å². The lowest BCUT2D eigenvalue weighted by atomic mass is 9.63. The van der Waals surface area contributed by atoms with Gasteiger partial charge in [0.05, 0.1) is 18.9 Å². The summed E-state index contributed by atoms with van der Waals surface area (Å²) in [7, 11) is 0. The van der Waals surface area contributed by atoms with Crippen LogP contribution >= 0.6 is 0 Å². The van der Waals surface area contributed by atoms with Crippen molar-refractivity contribution in [2.45, 2.75) is 24.0 Å². The SMILES string of the molecule is OCC1C(O)C(O)C1(O)C(O)n1cc(-c2ccccc2)nn1. The van der Waals surface area contributed by atoms with E-state index in [2.05, 4.69) is 10.3 Å². The Morgan fingerprint density at radius 3 is 2.55 bits per heavy atom. The zero-order chi connectivity index (χ0) is 15.9.